The van der Waals surface area contributed by atoms with E-state index in [1.54, 1.807) is 24.3 Å². The van der Waals surface area contributed by atoms with Crippen LogP contribution in [-0.2, 0) is 4.79 Å². The predicted molar refractivity (Wildman–Crippen MR) is 78.8 cm³/mol. The molecule has 1 aromatic carbocycles. The molecule has 2 aromatic rings. The monoisotopic (exact) mass is 296 g/mol. The minimum Gasteiger partial charge on any atom is -0.506 e. The molecule has 0 saturated carbocycles. The molecule has 0 aliphatic rings. The van der Waals surface area contributed by atoms with Gasteiger partial charge in [-0.2, -0.15) is 0 Å². The second-order valence-corrected chi connectivity index (χ2v) is 4.57. The van der Waals surface area contributed by atoms with E-state index >= 15 is 0 Å². The zero-order valence-corrected chi connectivity index (χ0v) is 11.5. The Balaban J connectivity index is 2.28. The maximum atomic E-state index is 11.8. The highest BCUT2D eigenvalue weighted by Crippen LogP contribution is 2.28. The Morgan fingerprint density at radius 2 is 1.95 bits per heavy atom. The molecule has 0 saturated heterocycles. The number of carbonyl (C=O) groups excluding carboxylic acids is 1. The highest BCUT2D eigenvalue weighted by Gasteiger charge is 2.15. The number of carbonyl (C=O) groups is 2. The first-order valence-electron chi connectivity index (χ1n) is 6.43. The van der Waals surface area contributed by atoms with Gasteiger partial charge in [0.05, 0.1) is 13.0 Å². The van der Waals surface area contributed by atoms with Crippen molar-refractivity contribution in [2.75, 3.05) is 0 Å². The minimum atomic E-state index is -1.08. The number of ketones is 1. The molecule has 0 bridgehead atoms. The van der Waals surface area contributed by atoms with Crippen molar-refractivity contribution >= 4 is 17.4 Å². The van der Waals surface area contributed by atoms with Crippen molar-refractivity contribution in [2.24, 2.45) is 0 Å². The largest absolute Gasteiger partial charge is 0.506 e. The number of aromatic nitrogens is 1. The van der Waals surface area contributed by atoms with Gasteiger partial charge in [0.25, 0.3) is 0 Å². The lowest BCUT2D eigenvalue weighted by atomic mass is 10.0. The molecule has 6 nitrogen and oxygen atoms in total. The summed E-state index contributed by atoms with van der Waals surface area (Å²) < 4.78 is 0. The van der Waals surface area contributed by atoms with Crippen LogP contribution in [0, 0.1) is 6.57 Å². The number of carboxylic acid groups (broad SMARTS) is 1. The van der Waals surface area contributed by atoms with Gasteiger partial charge in [0, 0.05) is 18.2 Å². The second kappa shape index (κ2) is 6.50. The fourth-order valence-electron chi connectivity index (χ4n) is 1.92. The summed E-state index contributed by atoms with van der Waals surface area (Å²) >= 11 is 0. The maximum absolute atomic E-state index is 11.8. The lowest BCUT2D eigenvalue weighted by Crippen LogP contribution is -2.06. The predicted octanol–water partition coefficient (Wildman–Crippen LogP) is 3.05. The van der Waals surface area contributed by atoms with Gasteiger partial charge in [0.2, 0.25) is 0 Å². The van der Waals surface area contributed by atoms with E-state index in [-0.39, 0.29) is 24.3 Å². The molecule has 0 radical (unpaired) electrons. The first kappa shape index (κ1) is 15.2. The smallest absolute Gasteiger partial charge is 0.303 e. The van der Waals surface area contributed by atoms with Crippen molar-refractivity contribution < 1.29 is 19.8 Å². The summed E-state index contributed by atoms with van der Waals surface area (Å²) in [7, 11) is 0. The van der Waals surface area contributed by atoms with Crippen LogP contribution in [0.3, 0.4) is 0 Å². The average molecular weight is 296 g/mol. The molecule has 22 heavy (non-hydrogen) atoms. The molecular weight excluding hydrogens is 284 g/mol. The van der Waals surface area contributed by atoms with E-state index < -0.39 is 11.8 Å². The summed E-state index contributed by atoms with van der Waals surface area (Å²) in [6.45, 7) is 6.98. The highest BCUT2D eigenvalue weighted by molar-refractivity contribution is 5.98. The van der Waals surface area contributed by atoms with Crippen LogP contribution < -0.4 is 0 Å². The van der Waals surface area contributed by atoms with Crippen molar-refractivity contribution in [3.05, 3.63) is 53.6 Å². The normalized spacial score (nSPS) is 9.95. The third-order valence-corrected chi connectivity index (χ3v) is 3.01. The van der Waals surface area contributed by atoms with Gasteiger partial charge < -0.3 is 10.2 Å². The molecule has 0 amide bonds. The molecule has 2 rings (SSSR count). The van der Waals surface area contributed by atoms with Crippen LogP contribution in [0.25, 0.3) is 16.0 Å². The van der Waals surface area contributed by atoms with Crippen LogP contribution in [0.4, 0.5) is 5.69 Å². The van der Waals surface area contributed by atoms with E-state index in [1.165, 1.54) is 12.3 Å². The topological polar surface area (TPSA) is 91.9 Å². The number of pyridine rings is 1. The fourth-order valence-corrected chi connectivity index (χ4v) is 1.92. The quantitative estimate of drug-likeness (QED) is 0.653. The van der Waals surface area contributed by atoms with E-state index in [4.69, 9.17) is 11.7 Å². The van der Waals surface area contributed by atoms with Crippen LogP contribution >= 0.6 is 0 Å². The molecule has 6 heteroatoms. The van der Waals surface area contributed by atoms with Gasteiger partial charge in [-0.25, -0.2) is 9.83 Å². The molecule has 0 fully saturated rings. The zero-order valence-electron chi connectivity index (χ0n) is 11.5. The van der Waals surface area contributed by atoms with E-state index in [2.05, 4.69) is 9.83 Å². The minimum absolute atomic E-state index is 0.147. The summed E-state index contributed by atoms with van der Waals surface area (Å²) in [5.41, 5.74) is 1.57. The molecule has 0 aliphatic carbocycles. The zero-order chi connectivity index (χ0) is 16.1. The van der Waals surface area contributed by atoms with Crippen molar-refractivity contribution in [1.29, 1.82) is 0 Å². The van der Waals surface area contributed by atoms with E-state index in [0.717, 1.165) is 0 Å². The van der Waals surface area contributed by atoms with Crippen molar-refractivity contribution in [1.82, 2.24) is 4.98 Å². The standard InChI is InChI=1S/C16H12N2O4/c1-17-12-4-2-3-10(7-12)11-8-14(20)16(18-9-11)13(19)5-6-15(21)22/h2-4,7-9,20H,5-6H2,(H,21,22). The summed E-state index contributed by atoms with van der Waals surface area (Å²) in [4.78, 5) is 29.5. The molecule has 2 N–H and O–H groups in total. The number of aliphatic carboxylic acids is 1. The van der Waals surface area contributed by atoms with Gasteiger partial charge in [0.1, 0.15) is 11.4 Å². The summed E-state index contributed by atoms with van der Waals surface area (Å²) in [6.07, 6.45) is 0.883. The first-order chi connectivity index (χ1) is 10.5. The van der Waals surface area contributed by atoms with E-state index in [1.807, 2.05) is 0 Å². The van der Waals surface area contributed by atoms with Gasteiger partial charge in [-0.15, -0.1) is 0 Å². The average Bonchev–Trinajstić information content (AvgIpc) is 2.52. The molecular formula is C16H12N2O4. The summed E-state index contributed by atoms with van der Waals surface area (Å²) in [6, 6.07) is 8.16. The summed E-state index contributed by atoms with van der Waals surface area (Å²) in [5, 5.41) is 18.5. The Bertz CT molecular complexity index is 778. The molecule has 1 heterocycles. The Morgan fingerprint density at radius 1 is 1.18 bits per heavy atom. The van der Waals surface area contributed by atoms with Crippen LogP contribution in [-0.4, -0.2) is 26.9 Å². The van der Waals surface area contributed by atoms with E-state index in [9.17, 15) is 14.7 Å². The molecule has 0 aliphatic heterocycles. The van der Waals surface area contributed by atoms with Crippen molar-refractivity contribution in [3.63, 3.8) is 0 Å². The van der Waals surface area contributed by atoms with Crippen molar-refractivity contribution in [3.8, 4) is 16.9 Å². The second-order valence-electron chi connectivity index (χ2n) is 4.57. The van der Waals surface area contributed by atoms with E-state index in [0.29, 0.717) is 16.8 Å². The number of hydrogen-bond acceptors (Lipinski definition) is 4. The third kappa shape index (κ3) is 3.46. The molecule has 0 spiro atoms. The third-order valence-electron chi connectivity index (χ3n) is 3.01. The van der Waals surface area contributed by atoms with Gasteiger partial charge >= 0.3 is 5.97 Å². The lowest BCUT2D eigenvalue weighted by molar-refractivity contribution is -0.136. The van der Waals surface area contributed by atoms with Crippen LogP contribution in [0.2, 0.25) is 0 Å². The number of rotatable bonds is 5. The van der Waals surface area contributed by atoms with Crippen LogP contribution in [0.15, 0.2) is 36.5 Å². The molecule has 0 atom stereocenters. The number of aromatic hydroxyl groups is 1. The molecule has 1 aromatic heterocycles. The fraction of sp³-hybridized carbons (Fsp3) is 0.125. The van der Waals surface area contributed by atoms with Gasteiger partial charge in [-0.05, 0) is 17.7 Å². The Kier molecular flexibility index (Phi) is 4.49. The van der Waals surface area contributed by atoms with Crippen LogP contribution in [0.5, 0.6) is 5.75 Å². The Morgan fingerprint density at radius 3 is 2.59 bits per heavy atom. The Hall–Kier alpha value is -3.20. The SMILES string of the molecule is [C-]#[N+]c1cccc(-c2cnc(C(=O)CCC(=O)O)c(O)c2)c1. The molecule has 110 valence electrons. The number of carboxylic acids is 1. The number of nitrogens with zero attached hydrogens (tertiary/aromatic N) is 2. The van der Waals surface area contributed by atoms with Gasteiger partial charge in [-0.3, -0.25) is 9.59 Å². The van der Waals surface area contributed by atoms with Gasteiger partial charge in [0.15, 0.2) is 11.5 Å². The van der Waals surface area contributed by atoms with Crippen LogP contribution in [0.1, 0.15) is 23.3 Å². The summed E-state index contributed by atoms with van der Waals surface area (Å²) in [5.74, 6) is -1.91. The maximum Gasteiger partial charge on any atom is 0.303 e. The Labute approximate surface area is 126 Å². The molecule has 0 unspecified atom stereocenters. The number of benzene rings is 1. The lowest BCUT2D eigenvalue weighted by Gasteiger charge is -2.06. The van der Waals surface area contributed by atoms with Crippen molar-refractivity contribution in [2.45, 2.75) is 12.8 Å². The highest BCUT2D eigenvalue weighted by atomic mass is 16.4. The van der Waals surface area contributed by atoms with Gasteiger partial charge in [-0.1, -0.05) is 18.2 Å². The number of hydrogen-bond donors (Lipinski definition) is 2. The first-order valence-corrected chi connectivity index (χ1v) is 6.43. The number of Topliss-reactive ketones (excluding diaryl/α,β-unsaturated/α-hetero) is 1.